The van der Waals surface area contributed by atoms with Crippen LogP contribution < -0.4 is 9.47 Å². The molecule has 0 spiro atoms. The molecule has 0 aliphatic rings. The number of aromatic nitrogens is 2. The summed E-state index contributed by atoms with van der Waals surface area (Å²) in [5, 5.41) is 11.2. The number of hydrogen-bond acceptors (Lipinski definition) is 6. The molecular formula is C14H13N3O4. The van der Waals surface area contributed by atoms with Crippen LogP contribution in [-0.2, 0) is 0 Å². The average molecular weight is 287 g/mol. The Kier molecular flexibility index (Phi) is 4.45. The van der Waals surface area contributed by atoms with Gasteiger partial charge in [0.1, 0.15) is 0 Å². The van der Waals surface area contributed by atoms with E-state index in [1.54, 1.807) is 6.08 Å². The molecule has 0 aliphatic heterocycles. The zero-order valence-corrected chi connectivity index (χ0v) is 11.5. The molecule has 0 unspecified atom stereocenters. The van der Waals surface area contributed by atoms with Gasteiger partial charge in [0.2, 0.25) is 0 Å². The van der Waals surface area contributed by atoms with Crippen LogP contribution >= 0.6 is 0 Å². The van der Waals surface area contributed by atoms with E-state index < -0.39 is 4.92 Å². The van der Waals surface area contributed by atoms with Gasteiger partial charge in [-0.3, -0.25) is 10.1 Å². The molecule has 0 fully saturated rings. The smallest absolute Gasteiger partial charge is 0.356 e. The molecule has 7 nitrogen and oxygen atoms in total. The molecule has 1 aromatic heterocycles. The molecule has 1 heterocycles. The summed E-state index contributed by atoms with van der Waals surface area (Å²) in [5.41, 5.74) is 0.710. The Morgan fingerprint density at radius 3 is 2.38 bits per heavy atom. The maximum absolute atomic E-state index is 11.2. The topological polar surface area (TPSA) is 87.4 Å². The van der Waals surface area contributed by atoms with Gasteiger partial charge in [0.25, 0.3) is 0 Å². The van der Waals surface area contributed by atoms with Crippen LogP contribution in [0.25, 0.3) is 12.2 Å². The van der Waals surface area contributed by atoms with Gasteiger partial charge in [-0.1, -0.05) is 36.4 Å². The summed E-state index contributed by atoms with van der Waals surface area (Å²) < 4.78 is 9.86. The first-order valence-electron chi connectivity index (χ1n) is 6.03. The summed E-state index contributed by atoms with van der Waals surface area (Å²) in [4.78, 5) is 18.4. The second kappa shape index (κ2) is 6.47. The fourth-order valence-corrected chi connectivity index (χ4v) is 1.69. The lowest BCUT2D eigenvalue weighted by atomic mass is 10.2. The minimum atomic E-state index is -0.580. The predicted molar refractivity (Wildman–Crippen MR) is 77.2 cm³/mol. The summed E-state index contributed by atoms with van der Waals surface area (Å²) >= 11 is 0. The van der Waals surface area contributed by atoms with E-state index in [0.717, 1.165) is 5.56 Å². The van der Waals surface area contributed by atoms with E-state index in [-0.39, 0.29) is 23.3 Å². The van der Waals surface area contributed by atoms with Gasteiger partial charge in [0, 0.05) is 0 Å². The Morgan fingerprint density at radius 1 is 1.10 bits per heavy atom. The fourth-order valence-electron chi connectivity index (χ4n) is 1.69. The summed E-state index contributed by atoms with van der Waals surface area (Å²) in [5.74, 6) is -0.139. The molecule has 2 aromatic rings. The largest absolute Gasteiger partial charge is 0.476 e. The minimum Gasteiger partial charge on any atom is -0.476 e. The second-order valence-electron chi connectivity index (χ2n) is 3.95. The van der Waals surface area contributed by atoms with Crippen LogP contribution in [0.1, 0.15) is 11.3 Å². The number of nitrogens with zero attached hydrogens (tertiary/aromatic N) is 3. The third-order valence-electron chi connectivity index (χ3n) is 2.65. The van der Waals surface area contributed by atoms with Gasteiger partial charge in [0.05, 0.1) is 19.1 Å². The molecule has 7 heteroatoms. The SMILES string of the molecule is COc1nc(/C=C/c2ccccc2)c([N+](=O)[O-])c(OC)n1. The first-order chi connectivity index (χ1) is 10.2. The molecule has 21 heavy (non-hydrogen) atoms. The van der Waals surface area contributed by atoms with Crippen molar-refractivity contribution in [2.75, 3.05) is 14.2 Å². The van der Waals surface area contributed by atoms with Crippen molar-refractivity contribution < 1.29 is 14.4 Å². The third kappa shape index (κ3) is 3.33. The number of rotatable bonds is 5. The van der Waals surface area contributed by atoms with Crippen LogP contribution in [0.5, 0.6) is 11.9 Å². The van der Waals surface area contributed by atoms with Crippen LogP contribution in [0.15, 0.2) is 30.3 Å². The van der Waals surface area contributed by atoms with Crippen LogP contribution in [0.4, 0.5) is 5.69 Å². The molecule has 0 saturated heterocycles. The van der Waals surface area contributed by atoms with Gasteiger partial charge >= 0.3 is 17.6 Å². The van der Waals surface area contributed by atoms with Crippen LogP contribution in [0.3, 0.4) is 0 Å². The van der Waals surface area contributed by atoms with E-state index in [1.165, 1.54) is 20.3 Å². The normalized spacial score (nSPS) is 10.6. The highest BCUT2D eigenvalue weighted by molar-refractivity contribution is 5.73. The Hall–Kier alpha value is -2.96. The lowest BCUT2D eigenvalue weighted by Crippen LogP contribution is -2.03. The zero-order valence-electron chi connectivity index (χ0n) is 11.5. The molecule has 0 bridgehead atoms. The van der Waals surface area contributed by atoms with E-state index in [1.807, 2.05) is 30.3 Å². The Morgan fingerprint density at radius 2 is 1.81 bits per heavy atom. The summed E-state index contributed by atoms with van der Waals surface area (Å²) in [6, 6.07) is 9.38. The van der Waals surface area contributed by atoms with Crippen molar-refractivity contribution >= 4 is 17.8 Å². The second-order valence-corrected chi connectivity index (χ2v) is 3.95. The maximum atomic E-state index is 11.2. The number of nitro groups is 1. The van der Waals surface area contributed by atoms with E-state index in [4.69, 9.17) is 9.47 Å². The lowest BCUT2D eigenvalue weighted by Gasteiger charge is -2.05. The van der Waals surface area contributed by atoms with Gasteiger partial charge in [-0.05, 0) is 11.6 Å². The number of hydrogen-bond donors (Lipinski definition) is 0. The molecule has 108 valence electrons. The average Bonchev–Trinajstić information content (AvgIpc) is 2.52. The standard InChI is InChI=1S/C14H13N3O4/c1-20-13-12(17(18)19)11(15-14(16-13)21-2)9-8-10-6-4-3-5-7-10/h3-9H,1-2H3/b9-8+. The van der Waals surface area contributed by atoms with Gasteiger partial charge in [-0.25, -0.2) is 0 Å². The molecule has 1 aromatic carbocycles. The number of benzene rings is 1. The van der Waals surface area contributed by atoms with Crippen molar-refractivity contribution in [2.45, 2.75) is 0 Å². The van der Waals surface area contributed by atoms with Gasteiger partial charge in [0.15, 0.2) is 5.69 Å². The minimum absolute atomic E-state index is 0.00478. The molecular weight excluding hydrogens is 274 g/mol. The fraction of sp³-hybridized carbons (Fsp3) is 0.143. The quantitative estimate of drug-likeness (QED) is 0.620. The first-order valence-corrected chi connectivity index (χ1v) is 6.03. The first kappa shape index (κ1) is 14.4. The summed E-state index contributed by atoms with van der Waals surface area (Å²) in [7, 11) is 2.69. The lowest BCUT2D eigenvalue weighted by molar-refractivity contribution is -0.386. The van der Waals surface area contributed by atoms with E-state index in [2.05, 4.69) is 9.97 Å². The molecule has 0 N–H and O–H groups in total. The summed E-state index contributed by atoms with van der Waals surface area (Å²) in [6.07, 6.45) is 3.24. The van der Waals surface area contributed by atoms with Crippen LogP contribution in [0, 0.1) is 10.1 Å². The van der Waals surface area contributed by atoms with Crippen LogP contribution in [0.2, 0.25) is 0 Å². The highest BCUT2D eigenvalue weighted by atomic mass is 16.6. The molecule has 2 rings (SSSR count). The van der Waals surface area contributed by atoms with Gasteiger partial charge in [-0.2, -0.15) is 9.97 Å². The molecule has 0 amide bonds. The van der Waals surface area contributed by atoms with Crippen LogP contribution in [-0.4, -0.2) is 29.1 Å². The monoisotopic (exact) mass is 287 g/mol. The van der Waals surface area contributed by atoms with Crippen molar-refractivity contribution in [3.63, 3.8) is 0 Å². The number of methoxy groups -OCH3 is 2. The Balaban J connectivity index is 2.50. The van der Waals surface area contributed by atoms with Crippen molar-refractivity contribution in [3.05, 3.63) is 51.7 Å². The summed E-state index contributed by atoms with van der Waals surface area (Å²) in [6.45, 7) is 0. The Labute approximate surface area is 121 Å². The molecule has 0 aliphatic carbocycles. The number of ether oxygens (including phenoxy) is 2. The zero-order chi connectivity index (χ0) is 15.2. The Bertz CT molecular complexity index is 671. The highest BCUT2D eigenvalue weighted by Gasteiger charge is 2.24. The van der Waals surface area contributed by atoms with Gasteiger partial charge < -0.3 is 9.47 Å². The predicted octanol–water partition coefficient (Wildman–Crippen LogP) is 2.57. The third-order valence-corrected chi connectivity index (χ3v) is 2.65. The van der Waals surface area contributed by atoms with Crippen molar-refractivity contribution in [3.8, 4) is 11.9 Å². The van der Waals surface area contributed by atoms with E-state index in [9.17, 15) is 10.1 Å². The molecule has 0 radical (unpaired) electrons. The molecule has 0 saturated carbocycles. The van der Waals surface area contributed by atoms with Crippen molar-refractivity contribution in [1.29, 1.82) is 0 Å². The highest BCUT2D eigenvalue weighted by Crippen LogP contribution is 2.30. The van der Waals surface area contributed by atoms with E-state index in [0.29, 0.717) is 0 Å². The van der Waals surface area contributed by atoms with E-state index >= 15 is 0 Å². The van der Waals surface area contributed by atoms with Crippen molar-refractivity contribution in [2.24, 2.45) is 0 Å². The molecule has 0 atom stereocenters. The maximum Gasteiger partial charge on any atom is 0.356 e. The van der Waals surface area contributed by atoms with Gasteiger partial charge in [-0.15, -0.1) is 0 Å². The van der Waals surface area contributed by atoms with Crippen molar-refractivity contribution in [1.82, 2.24) is 9.97 Å².